The number of aryl methyl sites for hydroxylation is 2. The number of aliphatic hydroxyl groups is 1. The second kappa shape index (κ2) is 8.08. The second-order valence-corrected chi connectivity index (χ2v) is 7.93. The molecule has 0 bridgehead atoms. The molecule has 0 unspecified atom stereocenters. The molecule has 27 heavy (non-hydrogen) atoms. The third-order valence-electron chi connectivity index (χ3n) is 4.38. The zero-order valence-corrected chi connectivity index (χ0v) is 16.1. The first-order valence-electron chi connectivity index (χ1n) is 9.36. The highest BCUT2D eigenvalue weighted by Crippen LogP contribution is 2.32. The van der Waals surface area contributed by atoms with Crippen LogP contribution in [0.3, 0.4) is 0 Å². The lowest BCUT2D eigenvalue weighted by Gasteiger charge is -2.26. The van der Waals surface area contributed by atoms with Gasteiger partial charge in [-0.15, -0.1) is 0 Å². The quantitative estimate of drug-likeness (QED) is 0.865. The summed E-state index contributed by atoms with van der Waals surface area (Å²) in [6.07, 6.45) is 1.80. The Hall–Kier alpha value is -2.41. The standard InChI is InChI=1S/C20H27N3O4/c1-20(2,3)26-19(25)23-13-15(24)12-16(23)18-21-17(22-27-18)11-7-10-14-8-5-4-6-9-14/h4-6,8-9,15-16,24H,7,10-13H2,1-3H3/t15-,16+/m1/s1. The number of likely N-dealkylation sites (tertiary alicyclic amines) is 1. The molecule has 1 aliphatic heterocycles. The SMILES string of the molecule is CC(C)(C)OC(=O)N1C[C@H](O)C[C@H]1c1nc(CCCc2ccccc2)no1. The first kappa shape index (κ1) is 19.4. The third-order valence-corrected chi connectivity index (χ3v) is 4.38. The number of amides is 1. The van der Waals surface area contributed by atoms with Gasteiger partial charge in [0.2, 0.25) is 5.89 Å². The Labute approximate surface area is 159 Å². The fourth-order valence-electron chi connectivity index (χ4n) is 3.17. The first-order valence-corrected chi connectivity index (χ1v) is 9.36. The monoisotopic (exact) mass is 373 g/mol. The molecule has 1 aromatic carbocycles. The molecule has 7 heteroatoms. The van der Waals surface area contributed by atoms with E-state index in [2.05, 4.69) is 22.3 Å². The molecular weight excluding hydrogens is 346 g/mol. The fraction of sp³-hybridized carbons (Fsp3) is 0.550. The van der Waals surface area contributed by atoms with Crippen LogP contribution in [-0.4, -0.2) is 44.5 Å². The minimum absolute atomic E-state index is 0.200. The maximum Gasteiger partial charge on any atom is 0.411 e. The van der Waals surface area contributed by atoms with E-state index in [1.165, 1.54) is 10.5 Å². The van der Waals surface area contributed by atoms with E-state index in [9.17, 15) is 9.90 Å². The highest BCUT2D eigenvalue weighted by molar-refractivity contribution is 5.69. The summed E-state index contributed by atoms with van der Waals surface area (Å²) in [4.78, 5) is 18.3. The maximum absolute atomic E-state index is 12.4. The summed E-state index contributed by atoms with van der Waals surface area (Å²) in [5.74, 6) is 0.971. The molecule has 3 rings (SSSR count). The van der Waals surface area contributed by atoms with Gasteiger partial charge in [-0.3, -0.25) is 4.90 Å². The summed E-state index contributed by atoms with van der Waals surface area (Å²) in [5, 5.41) is 14.1. The number of benzene rings is 1. The number of aliphatic hydroxyl groups excluding tert-OH is 1. The smallest absolute Gasteiger partial charge is 0.411 e. The van der Waals surface area contributed by atoms with Crippen LogP contribution in [0.2, 0.25) is 0 Å². The molecule has 2 atom stereocenters. The predicted molar refractivity (Wildman–Crippen MR) is 99.1 cm³/mol. The zero-order valence-electron chi connectivity index (χ0n) is 16.1. The number of aromatic nitrogens is 2. The molecule has 0 spiro atoms. The van der Waals surface area contributed by atoms with Crippen LogP contribution in [-0.2, 0) is 17.6 Å². The maximum atomic E-state index is 12.4. The highest BCUT2D eigenvalue weighted by atomic mass is 16.6. The average Bonchev–Trinajstić information content (AvgIpc) is 3.21. The van der Waals surface area contributed by atoms with Crippen molar-refractivity contribution in [2.45, 2.75) is 64.2 Å². The lowest BCUT2D eigenvalue weighted by atomic mass is 10.1. The van der Waals surface area contributed by atoms with Crippen molar-refractivity contribution in [3.63, 3.8) is 0 Å². The summed E-state index contributed by atoms with van der Waals surface area (Å²) in [5.41, 5.74) is 0.670. The number of carbonyl (C=O) groups excluding carboxylic acids is 1. The topological polar surface area (TPSA) is 88.7 Å². The molecule has 2 heterocycles. The minimum Gasteiger partial charge on any atom is -0.444 e. The van der Waals surface area contributed by atoms with Gasteiger partial charge >= 0.3 is 6.09 Å². The molecule has 1 N–H and O–H groups in total. The van der Waals surface area contributed by atoms with Crippen molar-refractivity contribution in [3.05, 3.63) is 47.6 Å². The summed E-state index contributed by atoms with van der Waals surface area (Å²) in [7, 11) is 0. The third kappa shape index (κ3) is 5.29. The zero-order chi connectivity index (χ0) is 19.4. The van der Waals surface area contributed by atoms with Crippen LogP contribution in [0, 0.1) is 0 Å². The van der Waals surface area contributed by atoms with E-state index < -0.39 is 23.8 Å². The van der Waals surface area contributed by atoms with Gasteiger partial charge in [0, 0.05) is 12.8 Å². The molecule has 146 valence electrons. The van der Waals surface area contributed by atoms with Gasteiger partial charge in [-0.1, -0.05) is 35.5 Å². The minimum atomic E-state index is -0.629. The predicted octanol–water partition coefficient (Wildman–Crippen LogP) is 3.29. The Morgan fingerprint density at radius 2 is 2.04 bits per heavy atom. The summed E-state index contributed by atoms with van der Waals surface area (Å²) in [6.45, 7) is 5.63. The normalized spacial score (nSPS) is 20.1. The number of hydrogen-bond acceptors (Lipinski definition) is 6. The van der Waals surface area contributed by atoms with Gasteiger partial charge in [-0.2, -0.15) is 4.98 Å². The summed E-state index contributed by atoms with van der Waals surface area (Å²) < 4.78 is 10.8. The Morgan fingerprint density at radius 3 is 2.74 bits per heavy atom. The Morgan fingerprint density at radius 1 is 1.30 bits per heavy atom. The van der Waals surface area contributed by atoms with Gasteiger partial charge in [0.05, 0.1) is 12.6 Å². The number of hydrogen-bond donors (Lipinski definition) is 1. The molecular formula is C20H27N3O4. The van der Waals surface area contributed by atoms with Crippen LogP contribution in [0.4, 0.5) is 4.79 Å². The molecule has 0 radical (unpaired) electrons. The fourth-order valence-corrected chi connectivity index (χ4v) is 3.17. The van der Waals surface area contributed by atoms with Gasteiger partial charge < -0.3 is 14.4 Å². The van der Waals surface area contributed by atoms with Crippen molar-refractivity contribution < 1.29 is 19.2 Å². The number of ether oxygens (including phenoxy) is 1. The second-order valence-electron chi connectivity index (χ2n) is 7.93. The van der Waals surface area contributed by atoms with E-state index in [1.54, 1.807) is 0 Å². The number of rotatable bonds is 5. The summed E-state index contributed by atoms with van der Waals surface area (Å²) in [6, 6.07) is 9.80. The lowest BCUT2D eigenvalue weighted by molar-refractivity contribution is 0.0184. The molecule has 0 saturated carbocycles. The molecule has 1 saturated heterocycles. The molecule has 0 aliphatic carbocycles. The van der Waals surface area contributed by atoms with Crippen molar-refractivity contribution in [2.24, 2.45) is 0 Å². The van der Waals surface area contributed by atoms with Crippen LogP contribution in [0.15, 0.2) is 34.9 Å². The van der Waals surface area contributed by atoms with Crippen molar-refractivity contribution >= 4 is 6.09 Å². The van der Waals surface area contributed by atoms with Crippen molar-refractivity contribution in [2.75, 3.05) is 6.54 Å². The Bertz CT molecular complexity index is 754. The van der Waals surface area contributed by atoms with Crippen LogP contribution in [0.5, 0.6) is 0 Å². The molecule has 1 fully saturated rings. The van der Waals surface area contributed by atoms with E-state index in [1.807, 2.05) is 39.0 Å². The number of carbonyl (C=O) groups is 1. The first-order chi connectivity index (χ1) is 12.8. The molecule has 1 aromatic heterocycles. The van der Waals surface area contributed by atoms with E-state index in [4.69, 9.17) is 9.26 Å². The van der Waals surface area contributed by atoms with Crippen LogP contribution in [0.1, 0.15) is 56.9 Å². The van der Waals surface area contributed by atoms with E-state index in [0.29, 0.717) is 24.6 Å². The molecule has 2 aromatic rings. The highest BCUT2D eigenvalue weighted by Gasteiger charge is 2.40. The largest absolute Gasteiger partial charge is 0.444 e. The van der Waals surface area contributed by atoms with Crippen molar-refractivity contribution in [3.8, 4) is 0 Å². The number of nitrogens with zero attached hydrogens (tertiary/aromatic N) is 3. The van der Waals surface area contributed by atoms with Gasteiger partial charge in [-0.05, 0) is 39.2 Å². The van der Waals surface area contributed by atoms with Crippen LogP contribution >= 0.6 is 0 Å². The van der Waals surface area contributed by atoms with Crippen LogP contribution in [0.25, 0.3) is 0 Å². The lowest BCUT2D eigenvalue weighted by Crippen LogP contribution is -2.37. The van der Waals surface area contributed by atoms with Crippen molar-refractivity contribution in [1.29, 1.82) is 0 Å². The average molecular weight is 373 g/mol. The molecule has 1 amide bonds. The van der Waals surface area contributed by atoms with Gasteiger partial charge in [0.25, 0.3) is 0 Å². The Balaban J connectivity index is 1.60. The van der Waals surface area contributed by atoms with Gasteiger partial charge in [0.15, 0.2) is 5.82 Å². The van der Waals surface area contributed by atoms with E-state index in [-0.39, 0.29) is 6.54 Å². The van der Waals surface area contributed by atoms with Gasteiger partial charge in [0.1, 0.15) is 11.6 Å². The van der Waals surface area contributed by atoms with Gasteiger partial charge in [-0.25, -0.2) is 4.79 Å². The number of β-amino-alcohol motifs (C(OH)–C–C–N with tert-alkyl or cyclic N) is 1. The van der Waals surface area contributed by atoms with Crippen molar-refractivity contribution in [1.82, 2.24) is 15.0 Å². The Kier molecular flexibility index (Phi) is 5.79. The van der Waals surface area contributed by atoms with Crippen LogP contribution < -0.4 is 0 Å². The van der Waals surface area contributed by atoms with E-state index >= 15 is 0 Å². The van der Waals surface area contributed by atoms with E-state index in [0.717, 1.165) is 12.8 Å². The molecule has 7 nitrogen and oxygen atoms in total. The summed E-state index contributed by atoms with van der Waals surface area (Å²) >= 11 is 0. The molecule has 1 aliphatic rings.